The molecule has 7 nitrogen and oxygen atoms in total. The molecule has 4 rings (SSSR count). The highest BCUT2D eigenvalue weighted by Gasteiger charge is 2.39. The summed E-state index contributed by atoms with van der Waals surface area (Å²) in [6, 6.07) is 15.6. The quantitative estimate of drug-likeness (QED) is 0.532. The van der Waals surface area contributed by atoms with Crippen molar-refractivity contribution in [2.24, 2.45) is 0 Å². The van der Waals surface area contributed by atoms with E-state index in [1.165, 1.54) is 11.8 Å². The van der Waals surface area contributed by atoms with Crippen LogP contribution in [-0.2, 0) is 20.9 Å². The number of hydrogen-bond acceptors (Lipinski definition) is 5. The Balaban J connectivity index is 1.74. The summed E-state index contributed by atoms with van der Waals surface area (Å²) in [4.78, 5) is 43.4. The molecule has 0 saturated heterocycles. The molecular weight excluding hydrogens is 440 g/mol. The van der Waals surface area contributed by atoms with Gasteiger partial charge in [0.1, 0.15) is 5.70 Å². The second kappa shape index (κ2) is 9.26. The number of pyridine rings is 1. The predicted molar refractivity (Wildman–Crippen MR) is 127 cm³/mol. The van der Waals surface area contributed by atoms with E-state index in [2.05, 4.69) is 15.6 Å². The van der Waals surface area contributed by atoms with Crippen molar-refractivity contribution in [2.75, 3.05) is 10.6 Å². The zero-order valence-corrected chi connectivity index (χ0v) is 18.8. The van der Waals surface area contributed by atoms with Gasteiger partial charge >= 0.3 is 0 Å². The smallest absolute Gasteiger partial charge is 0.278 e. The van der Waals surface area contributed by atoms with E-state index in [1.807, 2.05) is 13.0 Å². The minimum absolute atomic E-state index is 0.101. The van der Waals surface area contributed by atoms with E-state index in [-0.39, 0.29) is 23.7 Å². The lowest BCUT2D eigenvalue weighted by molar-refractivity contribution is -0.137. The van der Waals surface area contributed by atoms with Crippen molar-refractivity contribution in [2.45, 2.75) is 20.4 Å². The number of aromatic nitrogens is 1. The van der Waals surface area contributed by atoms with Gasteiger partial charge in [-0.15, -0.1) is 0 Å². The molecule has 2 N–H and O–H groups in total. The Morgan fingerprint density at radius 2 is 1.82 bits per heavy atom. The van der Waals surface area contributed by atoms with Gasteiger partial charge in [0.25, 0.3) is 11.8 Å². The molecule has 166 valence electrons. The Morgan fingerprint density at radius 1 is 1.06 bits per heavy atom. The lowest BCUT2D eigenvalue weighted by Gasteiger charge is -2.15. The van der Waals surface area contributed by atoms with Gasteiger partial charge in [0.2, 0.25) is 5.91 Å². The van der Waals surface area contributed by atoms with E-state index < -0.39 is 11.8 Å². The van der Waals surface area contributed by atoms with Crippen molar-refractivity contribution in [1.82, 2.24) is 9.88 Å². The highest BCUT2D eigenvalue weighted by molar-refractivity contribution is 6.36. The molecule has 0 aliphatic carbocycles. The lowest BCUT2D eigenvalue weighted by atomic mass is 10.0. The van der Waals surface area contributed by atoms with Crippen LogP contribution in [-0.4, -0.2) is 27.6 Å². The van der Waals surface area contributed by atoms with Crippen molar-refractivity contribution in [1.29, 1.82) is 0 Å². The number of benzene rings is 2. The van der Waals surface area contributed by atoms with Crippen molar-refractivity contribution in [3.8, 4) is 0 Å². The molecule has 2 aromatic carbocycles. The molecule has 0 radical (unpaired) electrons. The standard InChI is InChI=1S/C25H21ClN4O3/c1-15-12-19(26)7-10-21(15)29-23-22(18-5-8-20(9-6-18)28-16(2)31)24(32)30(25(23)33)14-17-4-3-11-27-13-17/h3-13,29H,14H2,1-2H3,(H,28,31). The van der Waals surface area contributed by atoms with Gasteiger partial charge in [0.05, 0.1) is 12.1 Å². The van der Waals surface area contributed by atoms with E-state index in [9.17, 15) is 14.4 Å². The second-order valence-electron chi connectivity index (χ2n) is 7.65. The molecule has 3 amide bonds. The lowest BCUT2D eigenvalue weighted by Crippen LogP contribution is -2.32. The summed E-state index contributed by atoms with van der Waals surface area (Å²) >= 11 is 6.07. The summed E-state index contributed by atoms with van der Waals surface area (Å²) in [6.45, 7) is 3.39. The largest absolute Gasteiger partial charge is 0.350 e. The van der Waals surface area contributed by atoms with Crippen LogP contribution in [0.3, 0.4) is 0 Å². The van der Waals surface area contributed by atoms with E-state index in [1.54, 1.807) is 60.9 Å². The Kier molecular flexibility index (Phi) is 6.24. The van der Waals surface area contributed by atoms with Gasteiger partial charge in [-0.1, -0.05) is 29.8 Å². The number of carbonyl (C=O) groups is 3. The molecule has 3 aromatic rings. The molecule has 0 unspecified atom stereocenters. The number of carbonyl (C=O) groups excluding carboxylic acids is 3. The summed E-state index contributed by atoms with van der Waals surface area (Å²) in [6.07, 6.45) is 3.25. The first-order chi connectivity index (χ1) is 15.8. The SMILES string of the molecule is CC(=O)Nc1ccc(C2=C(Nc3ccc(Cl)cc3C)C(=O)N(Cc3cccnc3)C2=O)cc1. The molecule has 1 aliphatic rings. The number of nitrogens with one attached hydrogen (secondary N) is 2. The maximum Gasteiger partial charge on any atom is 0.278 e. The predicted octanol–water partition coefficient (Wildman–Crippen LogP) is 4.39. The van der Waals surface area contributed by atoms with Crippen molar-refractivity contribution >= 4 is 46.3 Å². The maximum atomic E-state index is 13.4. The molecule has 0 spiro atoms. The van der Waals surface area contributed by atoms with Gasteiger partial charge in [-0.05, 0) is 60.0 Å². The third-order valence-corrected chi connectivity index (χ3v) is 5.41. The van der Waals surface area contributed by atoms with E-state index in [0.29, 0.717) is 22.0 Å². The van der Waals surface area contributed by atoms with Crippen LogP contribution < -0.4 is 10.6 Å². The third-order valence-electron chi connectivity index (χ3n) is 5.17. The zero-order chi connectivity index (χ0) is 23.5. The first-order valence-electron chi connectivity index (χ1n) is 10.2. The molecule has 0 bridgehead atoms. The highest BCUT2D eigenvalue weighted by atomic mass is 35.5. The number of rotatable bonds is 6. The number of halogens is 1. The van der Waals surface area contributed by atoms with Crippen LogP contribution in [0.5, 0.6) is 0 Å². The van der Waals surface area contributed by atoms with Gasteiger partial charge in [-0.2, -0.15) is 0 Å². The Hall–Kier alpha value is -3.97. The summed E-state index contributed by atoms with van der Waals surface area (Å²) in [7, 11) is 0. The maximum absolute atomic E-state index is 13.4. The second-order valence-corrected chi connectivity index (χ2v) is 8.09. The van der Waals surface area contributed by atoms with Crippen molar-refractivity contribution < 1.29 is 14.4 Å². The molecule has 33 heavy (non-hydrogen) atoms. The van der Waals surface area contributed by atoms with Gasteiger partial charge in [-0.3, -0.25) is 24.3 Å². The number of imide groups is 1. The number of nitrogens with zero attached hydrogens (tertiary/aromatic N) is 2. The summed E-state index contributed by atoms with van der Waals surface area (Å²) < 4.78 is 0. The number of aryl methyl sites for hydroxylation is 1. The molecule has 0 fully saturated rings. The minimum Gasteiger partial charge on any atom is -0.350 e. The fourth-order valence-corrected chi connectivity index (χ4v) is 3.83. The van der Waals surface area contributed by atoms with Gasteiger partial charge in [-0.25, -0.2) is 0 Å². The summed E-state index contributed by atoms with van der Waals surface area (Å²) in [5.41, 5.74) is 3.84. The fourth-order valence-electron chi connectivity index (χ4n) is 3.60. The van der Waals surface area contributed by atoms with Crippen LogP contribution >= 0.6 is 11.6 Å². The van der Waals surface area contributed by atoms with Crippen LogP contribution in [0.4, 0.5) is 11.4 Å². The molecule has 1 aromatic heterocycles. The zero-order valence-electron chi connectivity index (χ0n) is 18.1. The number of hydrogen-bond donors (Lipinski definition) is 2. The number of amides is 3. The average molecular weight is 461 g/mol. The molecular formula is C25H21ClN4O3. The molecule has 2 heterocycles. The van der Waals surface area contributed by atoms with E-state index in [4.69, 9.17) is 11.6 Å². The summed E-state index contributed by atoms with van der Waals surface area (Å²) in [5.74, 6) is -1.04. The summed E-state index contributed by atoms with van der Waals surface area (Å²) in [5, 5.41) is 6.42. The van der Waals surface area contributed by atoms with Crippen molar-refractivity contribution in [3.05, 3.63) is 94.4 Å². The van der Waals surface area contributed by atoms with Gasteiger partial charge < -0.3 is 10.6 Å². The molecule has 8 heteroatoms. The highest BCUT2D eigenvalue weighted by Crippen LogP contribution is 2.33. The molecule has 0 saturated carbocycles. The third kappa shape index (κ3) is 4.78. The average Bonchev–Trinajstić information content (AvgIpc) is 3.01. The normalized spacial score (nSPS) is 13.5. The van der Waals surface area contributed by atoms with Crippen LogP contribution in [0.25, 0.3) is 5.57 Å². The van der Waals surface area contributed by atoms with E-state index >= 15 is 0 Å². The van der Waals surface area contributed by atoms with Gasteiger partial charge in [0, 0.05) is 35.7 Å². The van der Waals surface area contributed by atoms with E-state index in [0.717, 1.165) is 11.1 Å². The Morgan fingerprint density at radius 3 is 2.45 bits per heavy atom. The Labute approximate surface area is 196 Å². The van der Waals surface area contributed by atoms with Crippen LogP contribution in [0.2, 0.25) is 5.02 Å². The first kappa shape index (κ1) is 22.2. The minimum atomic E-state index is -0.431. The molecule has 1 aliphatic heterocycles. The first-order valence-corrected chi connectivity index (χ1v) is 10.6. The van der Waals surface area contributed by atoms with Crippen LogP contribution in [0, 0.1) is 6.92 Å². The van der Waals surface area contributed by atoms with Gasteiger partial charge in [0.15, 0.2) is 0 Å². The fraction of sp³-hybridized carbons (Fsp3) is 0.120. The topological polar surface area (TPSA) is 91.4 Å². The monoisotopic (exact) mass is 460 g/mol. The Bertz CT molecular complexity index is 1270. The number of anilines is 2. The van der Waals surface area contributed by atoms with Crippen molar-refractivity contribution in [3.63, 3.8) is 0 Å². The molecule has 0 atom stereocenters. The van der Waals surface area contributed by atoms with Crippen LogP contribution in [0.1, 0.15) is 23.6 Å². The van der Waals surface area contributed by atoms with Crippen LogP contribution in [0.15, 0.2) is 72.7 Å².